The minimum atomic E-state index is -0.258. The summed E-state index contributed by atoms with van der Waals surface area (Å²) in [5.41, 5.74) is 1.73. The number of hydrogen-bond donors (Lipinski definition) is 3. The minimum absolute atomic E-state index is 0.0559. The molecule has 0 radical (unpaired) electrons. The summed E-state index contributed by atoms with van der Waals surface area (Å²) < 4.78 is 5.34. The van der Waals surface area contributed by atoms with E-state index in [1.807, 2.05) is 45.0 Å². The van der Waals surface area contributed by atoms with Crippen molar-refractivity contribution in [3.8, 4) is 0 Å². The first-order chi connectivity index (χ1) is 14.3. The zero-order chi connectivity index (χ0) is 22.0. The van der Waals surface area contributed by atoms with Crippen molar-refractivity contribution in [3.05, 3.63) is 35.4 Å². The summed E-state index contributed by atoms with van der Waals surface area (Å²) in [5, 5.41) is 9.91. The van der Waals surface area contributed by atoms with Crippen molar-refractivity contribution in [3.63, 3.8) is 0 Å². The van der Waals surface area contributed by atoms with E-state index in [4.69, 9.17) is 9.73 Å². The first-order valence-corrected chi connectivity index (χ1v) is 11.2. The molecule has 0 atom stereocenters. The Kier molecular flexibility index (Phi) is 9.15. The average molecular weight is 417 g/mol. The molecule has 6 nitrogen and oxygen atoms in total. The van der Waals surface area contributed by atoms with E-state index in [1.54, 1.807) is 7.11 Å². The number of benzene rings is 1. The molecule has 1 fully saturated rings. The topological polar surface area (TPSA) is 74.8 Å². The lowest BCUT2D eigenvalue weighted by molar-refractivity contribution is 0.0919. The van der Waals surface area contributed by atoms with Gasteiger partial charge in [0.15, 0.2) is 5.96 Å². The Bertz CT molecular complexity index is 703. The lowest BCUT2D eigenvalue weighted by Crippen LogP contribution is -2.43. The maximum Gasteiger partial charge on any atom is 0.251 e. The van der Waals surface area contributed by atoms with Gasteiger partial charge in [0.1, 0.15) is 0 Å². The van der Waals surface area contributed by atoms with Crippen LogP contribution < -0.4 is 16.0 Å². The highest BCUT2D eigenvalue weighted by atomic mass is 16.5. The molecule has 168 valence electrons. The van der Waals surface area contributed by atoms with Crippen LogP contribution in [0.2, 0.25) is 0 Å². The van der Waals surface area contributed by atoms with Crippen molar-refractivity contribution < 1.29 is 9.53 Å². The number of nitrogens with zero attached hydrogens (tertiary/aromatic N) is 1. The molecule has 1 aliphatic carbocycles. The Morgan fingerprint density at radius 3 is 2.57 bits per heavy atom. The SMILES string of the molecule is CCNC(=NCc1cccc(C(=O)NC(C)(C)C)c1)NCC1(CCOC)CCCC1. The number of rotatable bonds is 9. The van der Waals surface area contributed by atoms with Gasteiger partial charge in [-0.3, -0.25) is 4.79 Å². The Morgan fingerprint density at radius 2 is 1.93 bits per heavy atom. The Labute approximate surface area is 182 Å². The van der Waals surface area contributed by atoms with Gasteiger partial charge in [-0.2, -0.15) is 0 Å². The second-order valence-corrected chi connectivity index (χ2v) is 9.40. The van der Waals surface area contributed by atoms with Crippen LogP contribution in [0.25, 0.3) is 0 Å². The van der Waals surface area contributed by atoms with Gasteiger partial charge in [0, 0.05) is 37.9 Å². The predicted molar refractivity (Wildman–Crippen MR) is 124 cm³/mol. The number of methoxy groups -OCH3 is 1. The number of aliphatic imine (C=N–C) groups is 1. The second-order valence-electron chi connectivity index (χ2n) is 9.40. The van der Waals surface area contributed by atoms with Crippen LogP contribution in [0.15, 0.2) is 29.3 Å². The van der Waals surface area contributed by atoms with Crippen LogP contribution in [0.3, 0.4) is 0 Å². The number of ether oxygens (including phenoxy) is 1. The summed E-state index contributed by atoms with van der Waals surface area (Å²) in [6.07, 6.45) is 6.16. The van der Waals surface area contributed by atoms with Crippen LogP contribution in [0, 0.1) is 5.41 Å². The van der Waals surface area contributed by atoms with Crippen molar-refractivity contribution in [1.82, 2.24) is 16.0 Å². The first kappa shape index (κ1) is 24.2. The lowest BCUT2D eigenvalue weighted by Gasteiger charge is -2.30. The quantitative estimate of drug-likeness (QED) is 0.422. The molecule has 1 aromatic rings. The molecule has 0 unspecified atom stereocenters. The summed E-state index contributed by atoms with van der Waals surface area (Å²) in [4.78, 5) is 17.2. The first-order valence-electron chi connectivity index (χ1n) is 11.2. The second kappa shape index (κ2) is 11.3. The third-order valence-electron chi connectivity index (χ3n) is 5.57. The van der Waals surface area contributed by atoms with E-state index in [0.717, 1.165) is 37.6 Å². The fraction of sp³-hybridized carbons (Fsp3) is 0.667. The third-order valence-corrected chi connectivity index (χ3v) is 5.57. The Balaban J connectivity index is 2.02. The largest absolute Gasteiger partial charge is 0.385 e. The molecule has 30 heavy (non-hydrogen) atoms. The monoisotopic (exact) mass is 416 g/mol. The van der Waals surface area contributed by atoms with Gasteiger partial charge >= 0.3 is 0 Å². The van der Waals surface area contributed by atoms with Crippen molar-refractivity contribution in [1.29, 1.82) is 0 Å². The molecule has 1 aliphatic rings. The average Bonchev–Trinajstić information content (AvgIpc) is 3.16. The molecule has 0 saturated heterocycles. The van der Waals surface area contributed by atoms with Gasteiger partial charge < -0.3 is 20.7 Å². The summed E-state index contributed by atoms with van der Waals surface area (Å²) >= 11 is 0. The highest BCUT2D eigenvalue weighted by molar-refractivity contribution is 5.94. The minimum Gasteiger partial charge on any atom is -0.385 e. The molecular weight excluding hydrogens is 376 g/mol. The van der Waals surface area contributed by atoms with Gasteiger partial charge in [-0.25, -0.2) is 4.99 Å². The van der Waals surface area contributed by atoms with Crippen LogP contribution in [-0.2, 0) is 11.3 Å². The molecular formula is C24H40N4O2. The molecule has 2 rings (SSSR count). The van der Waals surface area contributed by atoms with E-state index in [2.05, 4.69) is 22.9 Å². The number of carbonyl (C=O) groups is 1. The zero-order valence-corrected chi connectivity index (χ0v) is 19.4. The van der Waals surface area contributed by atoms with Crippen LogP contribution in [-0.4, -0.2) is 44.2 Å². The van der Waals surface area contributed by atoms with Crippen LogP contribution in [0.4, 0.5) is 0 Å². The van der Waals surface area contributed by atoms with Crippen LogP contribution >= 0.6 is 0 Å². The fourth-order valence-corrected chi connectivity index (χ4v) is 3.97. The van der Waals surface area contributed by atoms with Crippen LogP contribution in [0.1, 0.15) is 75.7 Å². The highest BCUT2D eigenvalue weighted by Gasteiger charge is 2.33. The molecule has 3 N–H and O–H groups in total. The summed E-state index contributed by atoms with van der Waals surface area (Å²) in [6.45, 7) is 11.1. The van der Waals surface area contributed by atoms with Gasteiger partial charge in [-0.15, -0.1) is 0 Å². The van der Waals surface area contributed by atoms with Crippen molar-refractivity contribution >= 4 is 11.9 Å². The molecule has 0 heterocycles. The van der Waals surface area contributed by atoms with Crippen molar-refractivity contribution in [2.24, 2.45) is 10.4 Å². The molecule has 6 heteroatoms. The standard InChI is InChI=1S/C24H40N4O2/c1-6-25-22(27-18-24(14-15-30-5)12-7-8-13-24)26-17-19-10-9-11-20(16-19)21(29)28-23(2,3)4/h9-11,16H,6-8,12-15,17-18H2,1-5H3,(H,28,29)(H2,25,26,27). The number of amides is 1. The molecule has 1 amide bonds. The number of hydrogen-bond acceptors (Lipinski definition) is 3. The van der Waals surface area contributed by atoms with Gasteiger partial charge in [0.05, 0.1) is 6.54 Å². The van der Waals surface area contributed by atoms with Gasteiger partial charge in [0.25, 0.3) is 5.91 Å². The highest BCUT2D eigenvalue weighted by Crippen LogP contribution is 2.40. The van der Waals surface area contributed by atoms with Gasteiger partial charge in [0.2, 0.25) is 0 Å². The zero-order valence-electron chi connectivity index (χ0n) is 19.4. The van der Waals surface area contributed by atoms with Crippen molar-refractivity contribution in [2.75, 3.05) is 26.8 Å². The Hall–Kier alpha value is -2.08. The molecule has 1 saturated carbocycles. The molecule has 0 aliphatic heterocycles. The smallest absolute Gasteiger partial charge is 0.251 e. The molecule has 0 spiro atoms. The van der Waals surface area contributed by atoms with E-state index in [1.165, 1.54) is 25.7 Å². The lowest BCUT2D eigenvalue weighted by atomic mass is 9.83. The van der Waals surface area contributed by atoms with E-state index in [9.17, 15) is 4.79 Å². The summed E-state index contributed by atoms with van der Waals surface area (Å²) in [6, 6.07) is 7.70. The third kappa shape index (κ3) is 7.98. The molecule has 0 aromatic heterocycles. The van der Waals surface area contributed by atoms with E-state index in [-0.39, 0.29) is 11.4 Å². The normalized spacial score (nSPS) is 16.4. The Morgan fingerprint density at radius 1 is 1.20 bits per heavy atom. The van der Waals surface area contributed by atoms with Gasteiger partial charge in [-0.1, -0.05) is 25.0 Å². The molecule has 1 aromatic carbocycles. The van der Waals surface area contributed by atoms with E-state index in [0.29, 0.717) is 17.5 Å². The van der Waals surface area contributed by atoms with E-state index >= 15 is 0 Å². The maximum absolute atomic E-state index is 12.4. The van der Waals surface area contributed by atoms with Gasteiger partial charge in [-0.05, 0) is 70.1 Å². The molecule has 0 bridgehead atoms. The number of guanidine groups is 1. The van der Waals surface area contributed by atoms with E-state index < -0.39 is 0 Å². The number of carbonyl (C=O) groups excluding carboxylic acids is 1. The van der Waals surface area contributed by atoms with Crippen LogP contribution in [0.5, 0.6) is 0 Å². The van der Waals surface area contributed by atoms with Crippen molar-refractivity contribution in [2.45, 2.75) is 71.9 Å². The number of nitrogens with one attached hydrogen (secondary N) is 3. The summed E-state index contributed by atoms with van der Waals surface area (Å²) in [5.74, 6) is 0.769. The maximum atomic E-state index is 12.4. The fourth-order valence-electron chi connectivity index (χ4n) is 3.97. The summed E-state index contributed by atoms with van der Waals surface area (Å²) in [7, 11) is 1.78. The predicted octanol–water partition coefficient (Wildman–Crippen LogP) is 3.87.